The number of esters is 1. The molecule has 0 fully saturated rings. The van der Waals surface area contributed by atoms with Crippen LogP contribution in [0.25, 0.3) is 0 Å². The van der Waals surface area contributed by atoms with E-state index in [-0.39, 0.29) is 16.8 Å². The minimum Gasteiger partial charge on any atom is -0.465 e. The van der Waals surface area contributed by atoms with Gasteiger partial charge in [0.15, 0.2) is 0 Å². The van der Waals surface area contributed by atoms with Crippen LogP contribution in [0.4, 0.5) is 0 Å². The molecule has 0 aromatic heterocycles. The summed E-state index contributed by atoms with van der Waals surface area (Å²) >= 11 is 0. The second-order valence-electron chi connectivity index (χ2n) is 7.23. The fourth-order valence-corrected chi connectivity index (χ4v) is 2.61. The normalized spacial score (nSPS) is 12.9. The predicted octanol–water partition coefficient (Wildman–Crippen LogP) is 4.82. The number of carbonyl (C=O) groups excluding carboxylic acids is 1. The molecule has 0 N–H and O–H groups in total. The number of carbonyl (C=O) groups is 1. The van der Waals surface area contributed by atoms with E-state index in [4.69, 9.17) is 4.74 Å². The average Bonchev–Trinajstić information content (AvgIpc) is 2.20. The van der Waals surface area contributed by atoms with Crippen LogP contribution in [0.1, 0.15) is 74.1 Å². The maximum atomic E-state index is 12.1. The number of hydrogen-bond acceptors (Lipinski definition) is 2. The summed E-state index contributed by atoms with van der Waals surface area (Å²) in [4.78, 5) is 12.1. The van der Waals surface area contributed by atoms with E-state index in [1.54, 1.807) is 0 Å². The molecule has 108 valence electrons. The van der Waals surface area contributed by atoms with Gasteiger partial charge >= 0.3 is 5.97 Å². The van der Waals surface area contributed by atoms with Crippen LogP contribution in [0.3, 0.4) is 0 Å². The van der Waals surface area contributed by atoms with Crippen LogP contribution < -0.4 is 0 Å². The molecule has 0 heterocycles. The van der Waals surface area contributed by atoms with Crippen LogP contribution in [-0.2, 0) is 9.53 Å². The fraction of sp³-hybridized carbons (Fsp3) is 0.938. The van der Waals surface area contributed by atoms with Gasteiger partial charge in [0.2, 0.25) is 0 Å². The summed E-state index contributed by atoms with van der Waals surface area (Å²) in [7, 11) is 0. The number of hydrogen-bond donors (Lipinski definition) is 0. The molecule has 0 spiro atoms. The van der Waals surface area contributed by atoms with Crippen molar-refractivity contribution in [1.82, 2.24) is 0 Å². The zero-order chi connectivity index (χ0) is 14.4. The van der Waals surface area contributed by atoms with Crippen molar-refractivity contribution in [3.05, 3.63) is 0 Å². The molecule has 0 atom stereocenters. The molecule has 2 nitrogen and oxygen atoms in total. The van der Waals surface area contributed by atoms with E-state index >= 15 is 0 Å². The van der Waals surface area contributed by atoms with Crippen LogP contribution in [-0.4, -0.2) is 12.6 Å². The molecule has 0 aromatic rings. The van der Waals surface area contributed by atoms with Gasteiger partial charge in [0.05, 0.1) is 12.0 Å². The Balaban J connectivity index is 4.16. The lowest BCUT2D eigenvalue weighted by Gasteiger charge is -2.30. The second-order valence-corrected chi connectivity index (χ2v) is 7.23. The Bertz CT molecular complexity index is 244. The highest BCUT2D eigenvalue weighted by molar-refractivity contribution is 5.75. The van der Waals surface area contributed by atoms with E-state index in [0.29, 0.717) is 12.5 Å². The van der Waals surface area contributed by atoms with E-state index in [1.165, 1.54) is 12.8 Å². The smallest absolute Gasteiger partial charge is 0.311 e. The Morgan fingerprint density at radius 3 is 1.94 bits per heavy atom. The first kappa shape index (κ1) is 17.5. The molecule has 0 aliphatic carbocycles. The Morgan fingerprint density at radius 2 is 1.56 bits per heavy atom. The highest BCUT2D eigenvalue weighted by Crippen LogP contribution is 2.34. The molecule has 0 amide bonds. The molecule has 0 radical (unpaired) electrons. The highest BCUT2D eigenvalue weighted by atomic mass is 16.5. The summed E-state index contributed by atoms with van der Waals surface area (Å²) < 4.78 is 5.45. The predicted molar refractivity (Wildman–Crippen MR) is 77.5 cm³/mol. The summed E-state index contributed by atoms with van der Waals surface area (Å²) in [5.41, 5.74) is -0.232. The second kappa shape index (κ2) is 7.16. The molecule has 2 heteroatoms. The van der Waals surface area contributed by atoms with Gasteiger partial charge < -0.3 is 4.74 Å². The summed E-state index contributed by atoms with van der Waals surface area (Å²) in [5, 5.41) is 0. The molecule has 0 aromatic carbocycles. The summed E-state index contributed by atoms with van der Waals surface area (Å²) in [5.74, 6) is 0.631. The largest absolute Gasteiger partial charge is 0.465 e. The van der Waals surface area contributed by atoms with Crippen LogP contribution in [0.2, 0.25) is 0 Å². The monoisotopic (exact) mass is 256 g/mol. The van der Waals surface area contributed by atoms with Gasteiger partial charge in [-0.1, -0.05) is 47.5 Å². The van der Waals surface area contributed by atoms with Crippen LogP contribution in [0, 0.1) is 16.7 Å². The zero-order valence-electron chi connectivity index (χ0n) is 13.4. The van der Waals surface area contributed by atoms with Gasteiger partial charge in [-0.3, -0.25) is 4.79 Å². The van der Waals surface area contributed by atoms with Crippen molar-refractivity contribution in [2.45, 2.75) is 74.1 Å². The van der Waals surface area contributed by atoms with Gasteiger partial charge in [-0.2, -0.15) is 0 Å². The van der Waals surface area contributed by atoms with Crippen LogP contribution in [0.15, 0.2) is 0 Å². The van der Waals surface area contributed by atoms with Gasteiger partial charge in [0.25, 0.3) is 0 Å². The van der Waals surface area contributed by atoms with Crippen molar-refractivity contribution in [3.63, 3.8) is 0 Å². The Morgan fingerprint density at radius 1 is 1.06 bits per heavy atom. The lowest BCUT2D eigenvalue weighted by atomic mass is 9.76. The van der Waals surface area contributed by atoms with E-state index in [2.05, 4.69) is 34.6 Å². The SMILES string of the molecule is CCC(CC)CCOC(=O)C(C)(C)CC(C)(C)C. The third kappa shape index (κ3) is 7.03. The van der Waals surface area contributed by atoms with Crippen molar-refractivity contribution in [1.29, 1.82) is 0 Å². The first-order valence-electron chi connectivity index (χ1n) is 7.29. The lowest BCUT2D eigenvalue weighted by molar-refractivity contribution is -0.156. The molecule has 0 rings (SSSR count). The lowest BCUT2D eigenvalue weighted by Crippen LogP contribution is -2.31. The Kier molecular flexibility index (Phi) is 6.94. The Labute approximate surface area is 113 Å². The first-order chi connectivity index (χ1) is 8.12. The van der Waals surface area contributed by atoms with E-state index in [9.17, 15) is 4.79 Å². The van der Waals surface area contributed by atoms with E-state index < -0.39 is 0 Å². The van der Waals surface area contributed by atoms with Gasteiger partial charge in [-0.15, -0.1) is 0 Å². The summed E-state index contributed by atoms with van der Waals surface area (Å²) in [6.07, 6.45) is 4.17. The number of ether oxygens (including phenoxy) is 1. The molecule has 0 saturated carbocycles. The summed E-state index contributed by atoms with van der Waals surface area (Å²) in [6, 6.07) is 0. The molecule has 18 heavy (non-hydrogen) atoms. The molecule has 0 unspecified atom stereocenters. The molecule has 0 aliphatic heterocycles. The zero-order valence-corrected chi connectivity index (χ0v) is 13.4. The van der Waals surface area contributed by atoms with Gasteiger partial charge in [0, 0.05) is 0 Å². The van der Waals surface area contributed by atoms with Crippen molar-refractivity contribution in [3.8, 4) is 0 Å². The van der Waals surface area contributed by atoms with Crippen molar-refractivity contribution in [2.24, 2.45) is 16.7 Å². The van der Waals surface area contributed by atoms with Gasteiger partial charge in [0.1, 0.15) is 0 Å². The van der Waals surface area contributed by atoms with Crippen molar-refractivity contribution >= 4 is 5.97 Å². The van der Waals surface area contributed by atoms with Crippen LogP contribution in [0.5, 0.6) is 0 Å². The maximum absolute atomic E-state index is 12.1. The minimum absolute atomic E-state index is 0.0524. The molecule has 0 aliphatic rings. The topological polar surface area (TPSA) is 26.3 Å². The maximum Gasteiger partial charge on any atom is 0.311 e. The van der Waals surface area contributed by atoms with Gasteiger partial charge in [-0.25, -0.2) is 0 Å². The van der Waals surface area contributed by atoms with Crippen molar-refractivity contribution in [2.75, 3.05) is 6.61 Å². The quantitative estimate of drug-likeness (QED) is 0.610. The average molecular weight is 256 g/mol. The molecule has 0 saturated heterocycles. The third-order valence-electron chi connectivity index (χ3n) is 3.44. The van der Waals surface area contributed by atoms with Gasteiger partial charge in [-0.05, 0) is 38.0 Å². The van der Waals surface area contributed by atoms with E-state index in [1.807, 2.05) is 13.8 Å². The molecule has 0 bridgehead atoms. The standard InChI is InChI=1S/C16H32O2/c1-8-13(9-2)10-11-18-14(17)16(6,7)12-15(3,4)5/h13H,8-12H2,1-7H3. The third-order valence-corrected chi connectivity index (χ3v) is 3.44. The van der Waals surface area contributed by atoms with Crippen molar-refractivity contribution < 1.29 is 9.53 Å². The summed E-state index contributed by atoms with van der Waals surface area (Å²) in [6.45, 7) is 15.4. The Hall–Kier alpha value is -0.530. The number of rotatable bonds is 7. The van der Waals surface area contributed by atoms with Crippen LogP contribution >= 0.6 is 0 Å². The first-order valence-corrected chi connectivity index (χ1v) is 7.29. The molecular weight excluding hydrogens is 224 g/mol. The highest BCUT2D eigenvalue weighted by Gasteiger charge is 2.33. The fourth-order valence-electron chi connectivity index (χ4n) is 2.61. The van der Waals surface area contributed by atoms with E-state index in [0.717, 1.165) is 12.8 Å². The molecular formula is C16H32O2. The minimum atomic E-state index is -0.383.